The average molecular weight is 291 g/mol. The lowest BCUT2D eigenvalue weighted by Crippen LogP contribution is -2.56. The van der Waals surface area contributed by atoms with Crippen molar-refractivity contribution in [1.29, 1.82) is 0 Å². The molecule has 2 rings (SSSR count). The molecule has 1 aromatic carbocycles. The highest BCUT2D eigenvalue weighted by molar-refractivity contribution is 5.94. The van der Waals surface area contributed by atoms with Gasteiger partial charge in [0.25, 0.3) is 5.91 Å². The number of rotatable bonds is 1. The van der Waals surface area contributed by atoms with E-state index >= 15 is 0 Å². The molecule has 1 saturated heterocycles. The Labute approximate surface area is 117 Å². The third kappa shape index (κ3) is 3.42. The number of hydrogen-bond donors (Lipinski definition) is 1. The van der Waals surface area contributed by atoms with Crippen LogP contribution < -0.4 is 5.32 Å². The quantitative estimate of drug-likeness (QED) is 0.860. The number of halogens is 3. The molecule has 1 amide bonds. The number of nitrogens with one attached hydrogen (secondary N) is 1. The molecule has 106 valence electrons. The minimum Gasteiger partial charge on any atom is -0.333 e. The van der Waals surface area contributed by atoms with Crippen molar-refractivity contribution in [3.05, 3.63) is 35.4 Å². The maximum atomic E-state index is 13.6. The fourth-order valence-electron chi connectivity index (χ4n) is 2.12. The second-order valence-corrected chi connectivity index (χ2v) is 4.74. The summed E-state index contributed by atoms with van der Waals surface area (Å²) in [6, 6.07) is 3.22. The Morgan fingerprint density at radius 2 is 2.05 bits per heavy atom. The molecule has 0 aromatic heterocycles. The van der Waals surface area contributed by atoms with Crippen LogP contribution in [0.25, 0.3) is 0 Å². The number of piperazine rings is 1. The largest absolute Gasteiger partial charge is 0.333 e. The number of hydrogen-bond acceptors (Lipinski definition) is 2. The van der Waals surface area contributed by atoms with E-state index in [0.717, 1.165) is 12.1 Å². The lowest BCUT2D eigenvalue weighted by molar-refractivity contribution is 0.0611. The van der Waals surface area contributed by atoms with Crippen LogP contribution >= 0.6 is 12.4 Å². The fourth-order valence-corrected chi connectivity index (χ4v) is 2.12. The SMILES string of the molecule is CC1CN(C(=O)c2ccc(F)cc2F)C(C)CN1.Cl. The van der Waals surface area contributed by atoms with Crippen LogP contribution in [0.3, 0.4) is 0 Å². The molecule has 2 atom stereocenters. The van der Waals surface area contributed by atoms with Crippen LogP contribution in [0.2, 0.25) is 0 Å². The lowest BCUT2D eigenvalue weighted by atomic mass is 10.1. The molecule has 2 unspecified atom stereocenters. The summed E-state index contributed by atoms with van der Waals surface area (Å²) in [5, 5.41) is 3.24. The van der Waals surface area contributed by atoms with Crippen LogP contribution in [0.15, 0.2) is 18.2 Å². The first-order valence-corrected chi connectivity index (χ1v) is 5.98. The van der Waals surface area contributed by atoms with Crippen LogP contribution in [-0.4, -0.2) is 36.0 Å². The Kier molecular flexibility index (Phi) is 5.26. The van der Waals surface area contributed by atoms with Crippen molar-refractivity contribution in [2.24, 2.45) is 0 Å². The highest BCUT2D eigenvalue weighted by Gasteiger charge is 2.28. The highest BCUT2D eigenvalue weighted by atomic mass is 35.5. The number of carbonyl (C=O) groups is 1. The first kappa shape index (κ1) is 15.9. The summed E-state index contributed by atoms with van der Waals surface area (Å²) in [4.78, 5) is 13.8. The van der Waals surface area contributed by atoms with E-state index in [1.165, 1.54) is 6.07 Å². The molecule has 19 heavy (non-hydrogen) atoms. The van der Waals surface area contributed by atoms with Gasteiger partial charge in [-0.3, -0.25) is 4.79 Å². The van der Waals surface area contributed by atoms with E-state index in [9.17, 15) is 13.6 Å². The third-order valence-electron chi connectivity index (χ3n) is 3.19. The van der Waals surface area contributed by atoms with Crippen LogP contribution in [0.4, 0.5) is 8.78 Å². The number of amides is 1. The number of nitrogens with zero attached hydrogens (tertiary/aromatic N) is 1. The van der Waals surface area contributed by atoms with Gasteiger partial charge in [-0.2, -0.15) is 0 Å². The van der Waals surface area contributed by atoms with Crippen molar-refractivity contribution in [3.8, 4) is 0 Å². The van der Waals surface area contributed by atoms with Gasteiger partial charge in [-0.15, -0.1) is 12.4 Å². The molecule has 1 aromatic rings. The zero-order chi connectivity index (χ0) is 13.3. The van der Waals surface area contributed by atoms with Crippen molar-refractivity contribution in [2.75, 3.05) is 13.1 Å². The van der Waals surface area contributed by atoms with Gasteiger partial charge in [0.2, 0.25) is 0 Å². The summed E-state index contributed by atoms with van der Waals surface area (Å²) < 4.78 is 26.4. The van der Waals surface area contributed by atoms with Gasteiger partial charge >= 0.3 is 0 Å². The number of carbonyl (C=O) groups excluding carboxylic acids is 1. The van der Waals surface area contributed by atoms with Crippen molar-refractivity contribution >= 4 is 18.3 Å². The van der Waals surface area contributed by atoms with Crippen molar-refractivity contribution in [1.82, 2.24) is 10.2 Å². The van der Waals surface area contributed by atoms with E-state index in [-0.39, 0.29) is 36.0 Å². The van der Waals surface area contributed by atoms with Crippen molar-refractivity contribution in [2.45, 2.75) is 25.9 Å². The minimum absolute atomic E-state index is 0. The average Bonchev–Trinajstić information content (AvgIpc) is 2.31. The Bertz CT molecular complexity index is 470. The van der Waals surface area contributed by atoms with Gasteiger partial charge in [-0.25, -0.2) is 8.78 Å². The molecule has 0 saturated carbocycles. The normalized spacial score (nSPS) is 22.8. The molecule has 0 bridgehead atoms. The van der Waals surface area contributed by atoms with Crippen molar-refractivity contribution in [3.63, 3.8) is 0 Å². The Balaban J connectivity index is 0.00000180. The van der Waals surface area contributed by atoms with E-state index in [0.29, 0.717) is 13.1 Å². The predicted molar refractivity (Wildman–Crippen MR) is 71.6 cm³/mol. The molecule has 3 nitrogen and oxygen atoms in total. The molecular formula is C13H17ClF2N2O. The summed E-state index contributed by atoms with van der Waals surface area (Å²) in [6.45, 7) is 5.07. The van der Waals surface area contributed by atoms with Crippen LogP contribution in [-0.2, 0) is 0 Å². The van der Waals surface area contributed by atoms with E-state index < -0.39 is 11.6 Å². The first-order chi connectivity index (χ1) is 8.49. The molecule has 1 aliphatic heterocycles. The van der Waals surface area contributed by atoms with E-state index in [1.807, 2.05) is 13.8 Å². The summed E-state index contributed by atoms with van der Waals surface area (Å²) >= 11 is 0. The highest BCUT2D eigenvalue weighted by Crippen LogP contribution is 2.16. The zero-order valence-electron chi connectivity index (χ0n) is 10.8. The lowest BCUT2D eigenvalue weighted by Gasteiger charge is -2.37. The summed E-state index contributed by atoms with van der Waals surface area (Å²) in [7, 11) is 0. The van der Waals surface area contributed by atoms with E-state index in [1.54, 1.807) is 4.90 Å². The second kappa shape index (κ2) is 6.30. The van der Waals surface area contributed by atoms with Gasteiger partial charge in [0.05, 0.1) is 5.56 Å². The molecular weight excluding hydrogens is 274 g/mol. The molecule has 0 spiro atoms. The van der Waals surface area contributed by atoms with E-state index in [4.69, 9.17) is 0 Å². The maximum Gasteiger partial charge on any atom is 0.257 e. The van der Waals surface area contributed by atoms with Gasteiger partial charge in [-0.1, -0.05) is 0 Å². The van der Waals surface area contributed by atoms with Gasteiger partial charge in [0, 0.05) is 31.2 Å². The standard InChI is InChI=1S/C13H16F2N2O.ClH/c1-8-7-17(9(2)6-16-8)13(18)11-4-3-10(14)5-12(11)15;/h3-5,8-9,16H,6-7H2,1-2H3;1H. The van der Waals surface area contributed by atoms with Crippen molar-refractivity contribution < 1.29 is 13.6 Å². The van der Waals surface area contributed by atoms with Crippen LogP contribution in [0.5, 0.6) is 0 Å². The molecule has 6 heteroatoms. The predicted octanol–water partition coefficient (Wildman–Crippen LogP) is 2.21. The minimum atomic E-state index is -0.807. The Morgan fingerprint density at radius 1 is 1.37 bits per heavy atom. The molecule has 1 aliphatic rings. The maximum absolute atomic E-state index is 13.6. The topological polar surface area (TPSA) is 32.3 Å². The molecule has 0 aliphatic carbocycles. The smallest absolute Gasteiger partial charge is 0.257 e. The molecule has 1 heterocycles. The van der Waals surface area contributed by atoms with Gasteiger partial charge in [0.15, 0.2) is 0 Å². The monoisotopic (exact) mass is 290 g/mol. The molecule has 1 N–H and O–H groups in total. The van der Waals surface area contributed by atoms with Gasteiger partial charge < -0.3 is 10.2 Å². The van der Waals surface area contributed by atoms with Crippen LogP contribution in [0, 0.1) is 11.6 Å². The zero-order valence-corrected chi connectivity index (χ0v) is 11.6. The molecule has 0 radical (unpaired) electrons. The third-order valence-corrected chi connectivity index (χ3v) is 3.19. The van der Waals surface area contributed by atoms with Crippen LogP contribution in [0.1, 0.15) is 24.2 Å². The Morgan fingerprint density at radius 3 is 2.68 bits per heavy atom. The summed E-state index contributed by atoms with van der Waals surface area (Å²) in [6.07, 6.45) is 0. The van der Waals surface area contributed by atoms with E-state index in [2.05, 4.69) is 5.32 Å². The summed E-state index contributed by atoms with van der Waals surface area (Å²) in [5.74, 6) is -1.86. The fraction of sp³-hybridized carbons (Fsp3) is 0.462. The Hall–Kier alpha value is -1.20. The molecule has 1 fully saturated rings. The van der Waals surface area contributed by atoms with Gasteiger partial charge in [-0.05, 0) is 26.0 Å². The number of benzene rings is 1. The second-order valence-electron chi connectivity index (χ2n) is 4.74. The first-order valence-electron chi connectivity index (χ1n) is 5.98. The van der Waals surface area contributed by atoms with Gasteiger partial charge in [0.1, 0.15) is 11.6 Å². The summed E-state index contributed by atoms with van der Waals surface area (Å²) in [5.41, 5.74) is -0.0719.